The fraction of sp³-hybridized carbons (Fsp3) is 0.333. The van der Waals surface area contributed by atoms with E-state index in [0.717, 1.165) is 24.0 Å². The fourth-order valence-corrected chi connectivity index (χ4v) is 2.40. The van der Waals surface area contributed by atoms with Gasteiger partial charge in [-0.3, -0.25) is 13.8 Å². The van der Waals surface area contributed by atoms with Gasteiger partial charge in [0.15, 0.2) is 0 Å². The second-order valence-electron chi connectivity index (χ2n) is 4.73. The van der Waals surface area contributed by atoms with Gasteiger partial charge in [0.25, 0.3) is 5.91 Å². The van der Waals surface area contributed by atoms with E-state index in [9.17, 15) is 4.79 Å². The van der Waals surface area contributed by atoms with Gasteiger partial charge in [-0.2, -0.15) is 0 Å². The van der Waals surface area contributed by atoms with E-state index < -0.39 is 0 Å². The zero-order chi connectivity index (χ0) is 15.2. The van der Waals surface area contributed by atoms with Crippen molar-refractivity contribution in [2.45, 2.75) is 26.4 Å². The number of nitrogens with zero attached hydrogens (tertiary/aromatic N) is 2. The van der Waals surface area contributed by atoms with Crippen molar-refractivity contribution < 1.29 is 9.53 Å². The van der Waals surface area contributed by atoms with E-state index >= 15 is 0 Å². The molecule has 1 N–H and O–H groups in total. The molecule has 0 saturated heterocycles. The molecule has 0 saturated carbocycles. The van der Waals surface area contributed by atoms with Crippen LogP contribution in [-0.2, 0) is 20.1 Å². The zero-order valence-electron chi connectivity index (χ0n) is 12.1. The summed E-state index contributed by atoms with van der Waals surface area (Å²) in [4.78, 5) is 12.0. The number of hydrogen-bond acceptors (Lipinski definition) is 3. The summed E-state index contributed by atoms with van der Waals surface area (Å²) in [6, 6.07) is 7.53. The number of hydrogen-bond donors (Lipinski definition) is 1. The summed E-state index contributed by atoms with van der Waals surface area (Å²) in [5.74, 6) is 0.376. The van der Waals surface area contributed by atoms with Gasteiger partial charge in [0.05, 0.1) is 0 Å². The molecule has 0 spiro atoms. The molecule has 1 heterocycles. The Labute approximate surface area is 132 Å². The minimum atomic E-state index is -0.174. The number of aryl methyl sites for hydroxylation is 2. The standard InChI is InChI=1S/C15H18BrN3O2/c1-3-5-11-6-4-7-12(15(20)17-16)13(11)10-21-14-8-9-19(2)18-14/h4,6-9H,3,5,10H2,1-2H3,(H,17,20). The summed E-state index contributed by atoms with van der Waals surface area (Å²) in [6.45, 7) is 2.43. The van der Waals surface area contributed by atoms with Crippen LogP contribution in [0.2, 0.25) is 0 Å². The number of aromatic nitrogens is 2. The van der Waals surface area contributed by atoms with E-state index in [2.05, 4.69) is 32.5 Å². The molecule has 21 heavy (non-hydrogen) atoms. The Bertz CT molecular complexity index is 625. The van der Waals surface area contributed by atoms with Gasteiger partial charge in [-0.25, -0.2) is 0 Å². The molecule has 1 aromatic carbocycles. The molecule has 2 rings (SSSR count). The van der Waals surface area contributed by atoms with Crippen LogP contribution in [0.25, 0.3) is 0 Å². The van der Waals surface area contributed by atoms with Crippen LogP contribution >= 0.6 is 16.1 Å². The van der Waals surface area contributed by atoms with Gasteiger partial charge in [-0.05, 0) is 18.1 Å². The molecular weight excluding hydrogens is 334 g/mol. The summed E-state index contributed by atoms with van der Waals surface area (Å²) in [7, 11) is 1.83. The maximum atomic E-state index is 12.0. The first-order valence-corrected chi connectivity index (χ1v) is 7.59. The van der Waals surface area contributed by atoms with Crippen LogP contribution in [0.1, 0.15) is 34.8 Å². The van der Waals surface area contributed by atoms with Crippen molar-refractivity contribution in [1.82, 2.24) is 14.1 Å². The molecule has 2 aromatic rings. The quantitative estimate of drug-likeness (QED) is 0.814. The van der Waals surface area contributed by atoms with Gasteiger partial charge in [-0.1, -0.05) is 25.5 Å². The van der Waals surface area contributed by atoms with Crippen molar-refractivity contribution in [2.75, 3.05) is 0 Å². The predicted molar refractivity (Wildman–Crippen MR) is 84.4 cm³/mol. The van der Waals surface area contributed by atoms with Crippen LogP contribution in [0, 0.1) is 0 Å². The van der Waals surface area contributed by atoms with Crippen LogP contribution in [0.15, 0.2) is 30.5 Å². The number of carbonyl (C=O) groups excluding carboxylic acids is 1. The molecular formula is C15H18BrN3O2. The number of ether oxygens (including phenoxy) is 1. The largest absolute Gasteiger partial charge is 0.472 e. The van der Waals surface area contributed by atoms with Gasteiger partial charge in [0.2, 0.25) is 5.88 Å². The van der Waals surface area contributed by atoms with Gasteiger partial charge in [0.1, 0.15) is 6.61 Å². The maximum absolute atomic E-state index is 12.0. The molecule has 0 fully saturated rings. The number of halogens is 1. The zero-order valence-corrected chi connectivity index (χ0v) is 13.7. The Morgan fingerprint density at radius 3 is 2.86 bits per heavy atom. The number of benzene rings is 1. The number of amides is 1. The molecule has 6 heteroatoms. The molecule has 1 amide bonds. The van der Waals surface area contributed by atoms with Crippen LogP contribution in [0.5, 0.6) is 5.88 Å². The fourth-order valence-electron chi connectivity index (χ4n) is 2.19. The Hall–Kier alpha value is -1.82. The highest BCUT2D eigenvalue weighted by molar-refractivity contribution is 9.08. The third-order valence-corrected chi connectivity index (χ3v) is 3.54. The number of carbonyl (C=O) groups is 1. The topological polar surface area (TPSA) is 56.1 Å². The summed E-state index contributed by atoms with van der Waals surface area (Å²) in [6.07, 6.45) is 3.74. The number of rotatable bonds is 6. The highest BCUT2D eigenvalue weighted by Crippen LogP contribution is 2.19. The second kappa shape index (κ2) is 7.26. The predicted octanol–water partition coefficient (Wildman–Crippen LogP) is 2.99. The van der Waals surface area contributed by atoms with E-state index in [4.69, 9.17) is 4.74 Å². The molecule has 0 unspecified atom stereocenters. The van der Waals surface area contributed by atoms with Gasteiger partial charge in [0, 0.05) is 46.6 Å². The normalized spacial score (nSPS) is 10.4. The molecule has 112 valence electrons. The van der Waals surface area contributed by atoms with E-state index in [1.54, 1.807) is 16.8 Å². The SMILES string of the molecule is CCCc1cccc(C(=O)NBr)c1COc1ccn(C)n1. The molecule has 0 aliphatic heterocycles. The van der Waals surface area contributed by atoms with E-state index in [1.807, 2.05) is 25.4 Å². The molecule has 0 radical (unpaired) electrons. The highest BCUT2D eigenvalue weighted by Gasteiger charge is 2.15. The van der Waals surface area contributed by atoms with Crippen molar-refractivity contribution in [3.8, 4) is 5.88 Å². The minimum Gasteiger partial charge on any atom is -0.472 e. The van der Waals surface area contributed by atoms with Crippen LogP contribution in [0.3, 0.4) is 0 Å². The van der Waals surface area contributed by atoms with E-state index in [1.165, 1.54) is 0 Å². The van der Waals surface area contributed by atoms with Gasteiger partial charge in [-0.15, -0.1) is 5.10 Å². The van der Waals surface area contributed by atoms with Gasteiger partial charge >= 0.3 is 0 Å². The Morgan fingerprint density at radius 1 is 1.43 bits per heavy atom. The molecule has 0 bridgehead atoms. The lowest BCUT2D eigenvalue weighted by Gasteiger charge is -2.13. The first kappa shape index (κ1) is 15.6. The van der Waals surface area contributed by atoms with Crippen molar-refractivity contribution in [3.63, 3.8) is 0 Å². The number of nitrogens with one attached hydrogen (secondary N) is 1. The molecule has 5 nitrogen and oxygen atoms in total. The average molecular weight is 352 g/mol. The van der Waals surface area contributed by atoms with Gasteiger partial charge < -0.3 is 4.74 Å². The summed E-state index contributed by atoms with van der Waals surface area (Å²) in [5, 5.41) is 4.18. The Morgan fingerprint density at radius 2 is 2.24 bits per heavy atom. The van der Waals surface area contributed by atoms with Crippen molar-refractivity contribution >= 4 is 22.1 Å². The monoisotopic (exact) mass is 351 g/mol. The second-order valence-corrected chi connectivity index (χ2v) is 5.13. The van der Waals surface area contributed by atoms with Crippen LogP contribution in [0.4, 0.5) is 0 Å². The molecule has 0 aliphatic rings. The molecule has 1 aromatic heterocycles. The lowest BCUT2D eigenvalue weighted by Crippen LogP contribution is -2.17. The summed E-state index contributed by atoms with van der Waals surface area (Å²) < 4.78 is 9.88. The molecule has 0 atom stereocenters. The third-order valence-electron chi connectivity index (χ3n) is 3.18. The van der Waals surface area contributed by atoms with E-state index in [-0.39, 0.29) is 5.91 Å². The minimum absolute atomic E-state index is 0.174. The summed E-state index contributed by atoms with van der Waals surface area (Å²) >= 11 is 2.99. The summed E-state index contributed by atoms with van der Waals surface area (Å²) in [5.41, 5.74) is 2.65. The smallest absolute Gasteiger partial charge is 0.261 e. The Balaban J connectivity index is 2.27. The Kier molecular flexibility index (Phi) is 5.38. The van der Waals surface area contributed by atoms with Crippen molar-refractivity contribution in [1.29, 1.82) is 0 Å². The average Bonchev–Trinajstić information content (AvgIpc) is 2.91. The highest BCUT2D eigenvalue weighted by atomic mass is 79.9. The first-order valence-electron chi connectivity index (χ1n) is 6.80. The first-order chi connectivity index (χ1) is 10.2. The van der Waals surface area contributed by atoms with Crippen molar-refractivity contribution in [3.05, 3.63) is 47.2 Å². The van der Waals surface area contributed by atoms with E-state index in [0.29, 0.717) is 18.1 Å². The van der Waals surface area contributed by atoms with Crippen LogP contribution < -0.4 is 9.08 Å². The third kappa shape index (κ3) is 3.85. The maximum Gasteiger partial charge on any atom is 0.261 e. The lowest BCUT2D eigenvalue weighted by molar-refractivity contribution is 0.0984. The molecule has 0 aliphatic carbocycles. The van der Waals surface area contributed by atoms with Crippen LogP contribution in [-0.4, -0.2) is 15.7 Å². The van der Waals surface area contributed by atoms with Crippen molar-refractivity contribution in [2.24, 2.45) is 7.05 Å². The lowest BCUT2D eigenvalue weighted by atomic mass is 9.98.